The Morgan fingerprint density at radius 3 is 2.85 bits per heavy atom. The molecule has 3 aromatic rings. The second-order valence-corrected chi connectivity index (χ2v) is 6.35. The van der Waals surface area contributed by atoms with E-state index in [0.717, 1.165) is 17.5 Å². The molecule has 4 rings (SSSR count). The molecule has 26 heavy (non-hydrogen) atoms. The standard InChI is InChI=1S/C18H19N5O3/c1-12-21-15(19-11-18(17(24)25)8-5-9-26-18)14-10-20-23(16(14)22-12)13-6-3-2-4-7-13/h2-4,6-7,10H,5,8-9,11H2,1H3,(H,24,25)(H,19,21,22). The van der Waals surface area contributed by atoms with E-state index in [1.165, 1.54) is 0 Å². The van der Waals surface area contributed by atoms with E-state index in [1.54, 1.807) is 17.8 Å². The highest BCUT2D eigenvalue weighted by molar-refractivity contribution is 5.88. The Balaban J connectivity index is 1.70. The number of nitrogens with zero attached hydrogens (tertiary/aromatic N) is 4. The van der Waals surface area contributed by atoms with Crippen LogP contribution in [-0.2, 0) is 9.53 Å². The molecule has 1 saturated heterocycles. The Hall–Kier alpha value is -3.00. The monoisotopic (exact) mass is 353 g/mol. The predicted octanol–water partition coefficient (Wildman–Crippen LogP) is 2.17. The fourth-order valence-corrected chi connectivity index (χ4v) is 3.22. The number of nitrogens with one attached hydrogen (secondary N) is 1. The van der Waals surface area contributed by atoms with Crippen molar-refractivity contribution < 1.29 is 14.6 Å². The Labute approximate surface area is 149 Å². The SMILES string of the molecule is Cc1nc(NCC2(C(=O)O)CCCO2)c2cnn(-c3ccccc3)c2n1. The lowest BCUT2D eigenvalue weighted by molar-refractivity contribution is -0.158. The normalized spacial score (nSPS) is 19.7. The lowest BCUT2D eigenvalue weighted by atomic mass is 10.0. The van der Waals surface area contributed by atoms with Crippen molar-refractivity contribution in [3.63, 3.8) is 0 Å². The number of hydrogen-bond acceptors (Lipinski definition) is 6. The summed E-state index contributed by atoms with van der Waals surface area (Å²) >= 11 is 0. The predicted molar refractivity (Wildman–Crippen MR) is 95.4 cm³/mol. The number of para-hydroxylation sites is 1. The van der Waals surface area contributed by atoms with E-state index in [1.807, 2.05) is 30.3 Å². The van der Waals surface area contributed by atoms with Crippen LogP contribution in [-0.4, -0.2) is 49.6 Å². The van der Waals surface area contributed by atoms with Crippen LogP contribution in [0.15, 0.2) is 36.5 Å². The zero-order valence-electron chi connectivity index (χ0n) is 14.3. The molecule has 1 aliphatic heterocycles. The second-order valence-electron chi connectivity index (χ2n) is 6.35. The third-order valence-corrected chi connectivity index (χ3v) is 4.58. The molecule has 0 spiro atoms. The molecule has 8 heteroatoms. The molecule has 8 nitrogen and oxygen atoms in total. The molecule has 0 bridgehead atoms. The van der Waals surface area contributed by atoms with Crippen LogP contribution in [0.2, 0.25) is 0 Å². The fraction of sp³-hybridized carbons (Fsp3) is 0.333. The number of fused-ring (bicyclic) bond motifs is 1. The molecular formula is C18H19N5O3. The third-order valence-electron chi connectivity index (χ3n) is 4.58. The number of aromatic nitrogens is 4. The van der Waals surface area contributed by atoms with Crippen LogP contribution in [0.25, 0.3) is 16.7 Å². The number of carboxylic acid groups (broad SMARTS) is 1. The number of rotatable bonds is 5. The van der Waals surface area contributed by atoms with Crippen molar-refractivity contribution in [2.24, 2.45) is 0 Å². The number of hydrogen-bond donors (Lipinski definition) is 2. The highest BCUT2D eigenvalue weighted by Crippen LogP contribution is 2.28. The number of carbonyl (C=O) groups is 1. The first-order valence-corrected chi connectivity index (χ1v) is 8.48. The van der Waals surface area contributed by atoms with Crippen LogP contribution >= 0.6 is 0 Å². The molecule has 3 heterocycles. The molecule has 0 aliphatic carbocycles. The Morgan fingerprint density at radius 1 is 1.35 bits per heavy atom. The first kappa shape index (κ1) is 16.5. The van der Waals surface area contributed by atoms with E-state index in [4.69, 9.17) is 4.74 Å². The van der Waals surface area contributed by atoms with Gasteiger partial charge in [-0.25, -0.2) is 19.4 Å². The zero-order chi connectivity index (χ0) is 18.1. The van der Waals surface area contributed by atoms with Gasteiger partial charge in [0, 0.05) is 6.61 Å². The van der Waals surface area contributed by atoms with E-state index in [2.05, 4.69) is 20.4 Å². The maximum atomic E-state index is 11.7. The maximum absolute atomic E-state index is 11.7. The summed E-state index contributed by atoms with van der Waals surface area (Å²) in [5, 5.41) is 17.9. The molecule has 2 N–H and O–H groups in total. The summed E-state index contributed by atoms with van der Waals surface area (Å²) < 4.78 is 7.26. The Morgan fingerprint density at radius 2 is 2.15 bits per heavy atom. The van der Waals surface area contributed by atoms with Gasteiger partial charge < -0.3 is 15.2 Å². The van der Waals surface area contributed by atoms with Crippen molar-refractivity contribution >= 4 is 22.8 Å². The first-order valence-electron chi connectivity index (χ1n) is 8.48. The minimum absolute atomic E-state index is 0.143. The molecule has 1 aliphatic rings. The number of aryl methyl sites for hydroxylation is 1. The van der Waals surface area contributed by atoms with Crippen LogP contribution < -0.4 is 5.32 Å². The molecule has 1 unspecified atom stereocenters. The lowest BCUT2D eigenvalue weighted by Crippen LogP contribution is -2.44. The molecule has 2 aromatic heterocycles. The van der Waals surface area contributed by atoms with E-state index in [-0.39, 0.29) is 6.54 Å². The minimum Gasteiger partial charge on any atom is -0.479 e. The molecule has 0 radical (unpaired) electrons. The highest BCUT2D eigenvalue weighted by atomic mass is 16.5. The van der Waals surface area contributed by atoms with Crippen LogP contribution in [0, 0.1) is 6.92 Å². The lowest BCUT2D eigenvalue weighted by Gasteiger charge is -2.24. The number of aliphatic carboxylic acids is 1. The van der Waals surface area contributed by atoms with E-state index in [0.29, 0.717) is 30.3 Å². The van der Waals surface area contributed by atoms with Crippen molar-refractivity contribution in [2.45, 2.75) is 25.4 Å². The van der Waals surface area contributed by atoms with Crippen molar-refractivity contribution in [3.05, 3.63) is 42.4 Å². The average molecular weight is 353 g/mol. The summed E-state index contributed by atoms with van der Waals surface area (Å²) in [4.78, 5) is 20.6. The molecule has 0 saturated carbocycles. The van der Waals surface area contributed by atoms with Gasteiger partial charge in [0.1, 0.15) is 11.6 Å². The summed E-state index contributed by atoms with van der Waals surface area (Å²) in [7, 11) is 0. The van der Waals surface area contributed by atoms with Gasteiger partial charge in [-0.15, -0.1) is 0 Å². The molecule has 134 valence electrons. The van der Waals surface area contributed by atoms with E-state index in [9.17, 15) is 9.90 Å². The number of benzene rings is 1. The average Bonchev–Trinajstić information content (AvgIpc) is 3.28. The number of anilines is 1. The summed E-state index contributed by atoms with van der Waals surface area (Å²) in [6.07, 6.45) is 2.90. The summed E-state index contributed by atoms with van der Waals surface area (Å²) in [5.41, 5.74) is 0.358. The van der Waals surface area contributed by atoms with Crippen LogP contribution in [0.4, 0.5) is 5.82 Å². The van der Waals surface area contributed by atoms with Crippen LogP contribution in [0.5, 0.6) is 0 Å². The van der Waals surface area contributed by atoms with Crippen LogP contribution in [0.1, 0.15) is 18.7 Å². The largest absolute Gasteiger partial charge is 0.479 e. The molecular weight excluding hydrogens is 334 g/mol. The number of ether oxygens (including phenoxy) is 1. The quantitative estimate of drug-likeness (QED) is 0.725. The molecule has 1 atom stereocenters. The third kappa shape index (κ3) is 2.78. The van der Waals surface area contributed by atoms with Gasteiger partial charge in [0.25, 0.3) is 0 Å². The summed E-state index contributed by atoms with van der Waals surface area (Å²) in [6, 6.07) is 9.70. The zero-order valence-corrected chi connectivity index (χ0v) is 14.3. The van der Waals surface area contributed by atoms with Crippen molar-refractivity contribution in [2.75, 3.05) is 18.5 Å². The summed E-state index contributed by atoms with van der Waals surface area (Å²) in [6.45, 7) is 2.40. The topological polar surface area (TPSA) is 102 Å². The van der Waals surface area contributed by atoms with Gasteiger partial charge in [0.05, 0.1) is 23.8 Å². The summed E-state index contributed by atoms with van der Waals surface area (Å²) in [5.74, 6) is 0.185. The van der Waals surface area contributed by atoms with E-state index < -0.39 is 11.6 Å². The first-order chi connectivity index (χ1) is 12.6. The maximum Gasteiger partial charge on any atom is 0.337 e. The second kappa shape index (κ2) is 6.38. The molecule has 0 amide bonds. The fourth-order valence-electron chi connectivity index (χ4n) is 3.22. The smallest absolute Gasteiger partial charge is 0.337 e. The van der Waals surface area contributed by atoms with Gasteiger partial charge in [0.2, 0.25) is 0 Å². The highest BCUT2D eigenvalue weighted by Gasteiger charge is 2.43. The van der Waals surface area contributed by atoms with Gasteiger partial charge in [-0.3, -0.25) is 0 Å². The Bertz CT molecular complexity index is 948. The minimum atomic E-state index is -1.21. The van der Waals surface area contributed by atoms with E-state index >= 15 is 0 Å². The molecule has 1 aromatic carbocycles. The van der Waals surface area contributed by atoms with Crippen LogP contribution in [0.3, 0.4) is 0 Å². The number of carboxylic acids is 1. The van der Waals surface area contributed by atoms with Crippen molar-refractivity contribution in [3.8, 4) is 5.69 Å². The van der Waals surface area contributed by atoms with Gasteiger partial charge in [-0.05, 0) is 31.9 Å². The molecule has 1 fully saturated rings. The van der Waals surface area contributed by atoms with Gasteiger partial charge in [0.15, 0.2) is 11.2 Å². The van der Waals surface area contributed by atoms with Gasteiger partial charge in [-0.1, -0.05) is 18.2 Å². The van der Waals surface area contributed by atoms with Crippen molar-refractivity contribution in [1.29, 1.82) is 0 Å². The van der Waals surface area contributed by atoms with Crippen molar-refractivity contribution in [1.82, 2.24) is 19.7 Å². The Kier molecular flexibility index (Phi) is 4.04. The van der Waals surface area contributed by atoms with Gasteiger partial charge >= 0.3 is 5.97 Å². The van der Waals surface area contributed by atoms with Gasteiger partial charge in [-0.2, -0.15) is 5.10 Å².